The second-order valence-corrected chi connectivity index (χ2v) is 7.50. The fourth-order valence-corrected chi connectivity index (χ4v) is 3.28. The van der Waals surface area contributed by atoms with Crippen molar-refractivity contribution >= 4 is 17.5 Å². The lowest BCUT2D eigenvalue weighted by atomic mass is 10.1. The third-order valence-corrected chi connectivity index (χ3v) is 5.18. The van der Waals surface area contributed by atoms with E-state index >= 15 is 0 Å². The zero-order chi connectivity index (χ0) is 24.2. The molecule has 0 bridgehead atoms. The van der Waals surface area contributed by atoms with E-state index in [4.69, 9.17) is 9.47 Å². The molecule has 0 aliphatic heterocycles. The average molecular weight is 461 g/mol. The van der Waals surface area contributed by atoms with E-state index in [0.717, 1.165) is 5.69 Å². The lowest BCUT2D eigenvalue weighted by Gasteiger charge is -2.28. The number of rotatable bonds is 14. The van der Waals surface area contributed by atoms with Gasteiger partial charge in [0, 0.05) is 70.0 Å². The number of carbonyl (C=O) groups is 2. The topological polar surface area (TPSA) is 107 Å². The maximum atomic E-state index is 13.2. The fraction of sp³-hybridized carbons (Fsp3) is 0.478. The Kier molecular flexibility index (Phi) is 10.5. The van der Waals surface area contributed by atoms with E-state index in [-0.39, 0.29) is 29.6 Å². The Balaban J connectivity index is 2.17. The molecule has 0 aliphatic rings. The molecular formula is C23H32N4O6. The summed E-state index contributed by atoms with van der Waals surface area (Å²) in [7, 11) is 3.48. The third-order valence-electron chi connectivity index (χ3n) is 5.18. The van der Waals surface area contributed by atoms with Crippen molar-refractivity contribution < 1.29 is 24.0 Å². The molecular weight excluding hydrogens is 428 g/mol. The van der Waals surface area contributed by atoms with Crippen molar-refractivity contribution in [3.63, 3.8) is 0 Å². The summed E-state index contributed by atoms with van der Waals surface area (Å²) in [5.41, 5.74) is 1.15. The van der Waals surface area contributed by atoms with E-state index in [1.807, 2.05) is 36.9 Å². The highest BCUT2D eigenvalue weighted by atomic mass is 16.6. The Hall–Kier alpha value is -3.24. The summed E-state index contributed by atoms with van der Waals surface area (Å²) in [6, 6.07) is 9.24. The number of carbonyl (C=O) groups excluding carboxylic acids is 2. The van der Waals surface area contributed by atoms with Crippen LogP contribution < -0.4 is 0 Å². The fourth-order valence-electron chi connectivity index (χ4n) is 3.28. The number of nitro benzene ring substituents is 1. The number of hydrogen-bond donors (Lipinski definition) is 0. The second kappa shape index (κ2) is 13.3. The number of aryl methyl sites for hydroxylation is 1. The number of nitro groups is 1. The van der Waals surface area contributed by atoms with Gasteiger partial charge in [0.05, 0.1) is 18.1 Å². The van der Waals surface area contributed by atoms with Gasteiger partial charge < -0.3 is 23.8 Å². The predicted octanol–water partition coefficient (Wildman–Crippen LogP) is 2.48. The van der Waals surface area contributed by atoms with Crippen LogP contribution in [0.4, 0.5) is 5.69 Å². The summed E-state index contributed by atoms with van der Waals surface area (Å²) in [5, 5.41) is 10.9. The van der Waals surface area contributed by atoms with Gasteiger partial charge in [0.2, 0.25) is 5.91 Å². The van der Waals surface area contributed by atoms with Gasteiger partial charge in [0.15, 0.2) is 0 Å². The third kappa shape index (κ3) is 7.99. The van der Waals surface area contributed by atoms with Gasteiger partial charge in [-0.3, -0.25) is 19.7 Å². The Morgan fingerprint density at radius 3 is 2.39 bits per heavy atom. The quantitative estimate of drug-likeness (QED) is 0.244. The standard InChI is InChI=1S/C23H32N4O6/c1-4-33-15-6-13-26(23(29)19-8-10-20(11-9-19)27(30)31)18-22(28)25(14-16-32-3)17-21-7-5-12-24(21)2/h5,7-12H,4,6,13-18H2,1-3H3. The van der Waals surface area contributed by atoms with Crippen LogP contribution >= 0.6 is 0 Å². The zero-order valence-electron chi connectivity index (χ0n) is 19.4. The molecule has 0 N–H and O–H groups in total. The molecule has 10 nitrogen and oxygen atoms in total. The number of nitrogens with zero attached hydrogens (tertiary/aromatic N) is 4. The van der Waals surface area contributed by atoms with Crippen molar-refractivity contribution in [3.8, 4) is 0 Å². The number of ether oxygens (including phenoxy) is 2. The van der Waals surface area contributed by atoms with Crippen LogP contribution in [0.3, 0.4) is 0 Å². The largest absolute Gasteiger partial charge is 0.383 e. The van der Waals surface area contributed by atoms with Crippen molar-refractivity contribution in [2.75, 3.05) is 46.6 Å². The molecule has 0 saturated heterocycles. The number of aromatic nitrogens is 1. The molecule has 2 amide bonds. The van der Waals surface area contributed by atoms with Crippen molar-refractivity contribution in [1.82, 2.24) is 14.4 Å². The van der Waals surface area contributed by atoms with Crippen molar-refractivity contribution in [2.24, 2.45) is 7.05 Å². The summed E-state index contributed by atoms with van der Waals surface area (Å²) < 4.78 is 12.5. The van der Waals surface area contributed by atoms with Gasteiger partial charge in [-0.2, -0.15) is 0 Å². The highest BCUT2D eigenvalue weighted by molar-refractivity contribution is 5.96. The number of amides is 2. The van der Waals surface area contributed by atoms with Gasteiger partial charge in [-0.1, -0.05) is 0 Å². The van der Waals surface area contributed by atoms with Crippen LogP contribution in [0.1, 0.15) is 29.4 Å². The minimum atomic E-state index is -0.519. The summed E-state index contributed by atoms with van der Waals surface area (Å²) >= 11 is 0. The molecule has 180 valence electrons. The molecule has 1 aromatic carbocycles. The Bertz CT molecular complexity index is 912. The zero-order valence-corrected chi connectivity index (χ0v) is 19.4. The SMILES string of the molecule is CCOCCCN(CC(=O)N(CCOC)Cc1cccn1C)C(=O)c1ccc([N+](=O)[O-])cc1. The Morgan fingerprint density at radius 1 is 1.09 bits per heavy atom. The number of non-ortho nitro benzene ring substituents is 1. The first-order chi connectivity index (χ1) is 15.9. The normalized spacial score (nSPS) is 10.8. The van der Waals surface area contributed by atoms with Crippen molar-refractivity contribution in [3.05, 3.63) is 64.0 Å². The van der Waals surface area contributed by atoms with Gasteiger partial charge in [0.1, 0.15) is 6.54 Å². The summed E-state index contributed by atoms with van der Waals surface area (Å²) in [6.07, 6.45) is 2.47. The molecule has 0 fully saturated rings. The molecule has 1 heterocycles. The lowest BCUT2D eigenvalue weighted by Crippen LogP contribution is -2.44. The summed E-state index contributed by atoms with van der Waals surface area (Å²) in [5.74, 6) is -0.569. The Labute approximate surface area is 193 Å². The molecule has 2 rings (SSSR count). The maximum absolute atomic E-state index is 13.2. The highest BCUT2D eigenvalue weighted by Gasteiger charge is 2.23. The van der Waals surface area contributed by atoms with Crippen LogP contribution in [0.15, 0.2) is 42.6 Å². The molecule has 0 unspecified atom stereocenters. The number of methoxy groups -OCH3 is 1. The van der Waals surface area contributed by atoms with E-state index in [0.29, 0.717) is 45.9 Å². The molecule has 1 aromatic heterocycles. The lowest BCUT2D eigenvalue weighted by molar-refractivity contribution is -0.384. The first-order valence-corrected chi connectivity index (χ1v) is 10.9. The molecule has 0 saturated carbocycles. The first-order valence-electron chi connectivity index (χ1n) is 10.9. The summed E-state index contributed by atoms with van der Waals surface area (Å²) in [6.45, 7) is 4.28. The number of benzene rings is 1. The van der Waals surface area contributed by atoms with E-state index in [2.05, 4.69) is 0 Å². The van der Waals surface area contributed by atoms with E-state index < -0.39 is 4.92 Å². The van der Waals surface area contributed by atoms with Crippen LogP contribution in [0, 0.1) is 10.1 Å². The van der Waals surface area contributed by atoms with Crippen LogP contribution in [0.25, 0.3) is 0 Å². The summed E-state index contributed by atoms with van der Waals surface area (Å²) in [4.78, 5) is 39.9. The highest BCUT2D eigenvalue weighted by Crippen LogP contribution is 2.15. The molecule has 0 spiro atoms. The average Bonchev–Trinajstić information content (AvgIpc) is 3.22. The van der Waals surface area contributed by atoms with Gasteiger partial charge >= 0.3 is 0 Å². The van der Waals surface area contributed by atoms with Gasteiger partial charge in [-0.25, -0.2) is 0 Å². The van der Waals surface area contributed by atoms with Crippen LogP contribution in [0.2, 0.25) is 0 Å². The molecule has 0 radical (unpaired) electrons. The molecule has 0 atom stereocenters. The van der Waals surface area contributed by atoms with Gasteiger partial charge in [-0.05, 0) is 37.6 Å². The smallest absolute Gasteiger partial charge is 0.269 e. The minimum Gasteiger partial charge on any atom is -0.383 e. The van der Waals surface area contributed by atoms with Gasteiger partial charge in [-0.15, -0.1) is 0 Å². The Morgan fingerprint density at radius 2 is 1.82 bits per heavy atom. The van der Waals surface area contributed by atoms with Crippen LogP contribution in [-0.4, -0.2) is 77.7 Å². The monoisotopic (exact) mass is 460 g/mol. The van der Waals surface area contributed by atoms with Crippen LogP contribution in [0.5, 0.6) is 0 Å². The van der Waals surface area contributed by atoms with E-state index in [1.54, 1.807) is 12.0 Å². The van der Waals surface area contributed by atoms with E-state index in [1.165, 1.54) is 29.2 Å². The van der Waals surface area contributed by atoms with Crippen molar-refractivity contribution in [1.29, 1.82) is 0 Å². The molecule has 0 aliphatic carbocycles. The predicted molar refractivity (Wildman–Crippen MR) is 123 cm³/mol. The van der Waals surface area contributed by atoms with E-state index in [9.17, 15) is 19.7 Å². The number of hydrogen-bond acceptors (Lipinski definition) is 6. The first kappa shape index (κ1) is 26.0. The van der Waals surface area contributed by atoms with Gasteiger partial charge in [0.25, 0.3) is 11.6 Å². The minimum absolute atomic E-state index is 0.0983. The van der Waals surface area contributed by atoms with Crippen LogP contribution in [-0.2, 0) is 27.9 Å². The molecule has 33 heavy (non-hydrogen) atoms. The second-order valence-electron chi connectivity index (χ2n) is 7.50. The van der Waals surface area contributed by atoms with Crippen molar-refractivity contribution in [2.45, 2.75) is 19.9 Å². The molecule has 2 aromatic rings. The maximum Gasteiger partial charge on any atom is 0.269 e. The molecule has 10 heteroatoms.